The Hall–Kier alpha value is -1.39. The molecule has 0 amide bonds. The van der Waals surface area contributed by atoms with Gasteiger partial charge in [-0.25, -0.2) is 4.39 Å². The Kier molecular flexibility index (Phi) is 4.22. The van der Waals surface area contributed by atoms with Crippen molar-refractivity contribution in [1.29, 1.82) is 0 Å². The predicted molar refractivity (Wildman–Crippen MR) is 74.9 cm³/mol. The number of hydrogen-bond donors (Lipinski definition) is 1. The van der Waals surface area contributed by atoms with Crippen molar-refractivity contribution in [3.63, 3.8) is 0 Å². The maximum absolute atomic E-state index is 13.6. The molecule has 3 nitrogen and oxygen atoms in total. The average molecular weight is 282 g/mol. The molecule has 0 saturated carbocycles. The summed E-state index contributed by atoms with van der Waals surface area (Å²) >= 11 is 6.19. The van der Waals surface area contributed by atoms with Crippen molar-refractivity contribution in [1.82, 2.24) is 15.1 Å². The first-order valence-electron chi connectivity index (χ1n) is 6.20. The summed E-state index contributed by atoms with van der Waals surface area (Å²) in [5, 5.41) is 8.05. The molecule has 0 bridgehead atoms. The van der Waals surface area contributed by atoms with E-state index in [0.717, 1.165) is 23.4 Å². The minimum Gasteiger partial charge on any atom is -0.305 e. The van der Waals surface area contributed by atoms with Crippen molar-refractivity contribution in [3.05, 3.63) is 52.1 Å². The van der Waals surface area contributed by atoms with Gasteiger partial charge >= 0.3 is 0 Å². The van der Waals surface area contributed by atoms with Crippen molar-refractivity contribution in [2.45, 2.75) is 19.9 Å². The summed E-state index contributed by atoms with van der Waals surface area (Å²) in [5.41, 5.74) is 2.58. The fourth-order valence-corrected chi connectivity index (χ4v) is 2.53. The van der Waals surface area contributed by atoms with Crippen molar-refractivity contribution >= 4 is 11.6 Å². The molecule has 1 aromatic carbocycles. The molecule has 0 saturated heterocycles. The Balaban J connectivity index is 2.51. The number of benzene rings is 1. The van der Waals surface area contributed by atoms with Crippen molar-refractivity contribution < 1.29 is 4.39 Å². The number of halogens is 2. The normalized spacial score (nSPS) is 12.7. The number of hydrogen-bond acceptors (Lipinski definition) is 2. The molecule has 1 aromatic heterocycles. The molecular weight excluding hydrogens is 265 g/mol. The lowest BCUT2D eigenvalue weighted by Gasteiger charge is -2.20. The van der Waals surface area contributed by atoms with Crippen molar-refractivity contribution in [3.8, 4) is 0 Å². The van der Waals surface area contributed by atoms with E-state index < -0.39 is 0 Å². The Morgan fingerprint density at radius 1 is 1.42 bits per heavy atom. The van der Waals surface area contributed by atoms with Crippen LogP contribution in [0.4, 0.5) is 4.39 Å². The van der Waals surface area contributed by atoms with E-state index in [1.807, 2.05) is 27.0 Å². The van der Waals surface area contributed by atoms with Crippen LogP contribution in [-0.2, 0) is 7.05 Å². The smallest absolute Gasteiger partial charge is 0.123 e. The molecule has 0 aliphatic rings. The van der Waals surface area contributed by atoms with Crippen LogP contribution in [0, 0.1) is 12.7 Å². The van der Waals surface area contributed by atoms with E-state index in [1.54, 1.807) is 10.9 Å². The predicted octanol–water partition coefficient (Wildman–Crippen LogP) is 3.22. The summed E-state index contributed by atoms with van der Waals surface area (Å²) in [6.07, 6.45) is 1.60. The van der Waals surface area contributed by atoms with Crippen LogP contribution in [0.25, 0.3) is 0 Å². The van der Waals surface area contributed by atoms with Gasteiger partial charge < -0.3 is 5.32 Å². The topological polar surface area (TPSA) is 29.9 Å². The van der Waals surface area contributed by atoms with Gasteiger partial charge in [-0.3, -0.25) is 4.68 Å². The number of aryl methyl sites for hydroxylation is 2. The second kappa shape index (κ2) is 5.72. The van der Waals surface area contributed by atoms with Gasteiger partial charge in [-0.2, -0.15) is 5.10 Å². The fraction of sp³-hybridized carbons (Fsp3) is 0.357. The first-order chi connectivity index (χ1) is 9.02. The Bertz CT molecular complexity index is 540. The van der Waals surface area contributed by atoms with Gasteiger partial charge in [0.05, 0.1) is 23.0 Å². The summed E-state index contributed by atoms with van der Waals surface area (Å²) in [5.74, 6) is -0.240. The first kappa shape index (κ1) is 14.0. The highest BCUT2D eigenvalue weighted by molar-refractivity contribution is 6.31. The summed E-state index contributed by atoms with van der Waals surface area (Å²) in [7, 11) is 1.83. The molecule has 0 aliphatic heterocycles. The molecule has 19 heavy (non-hydrogen) atoms. The molecule has 1 N–H and O–H groups in total. The lowest BCUT2D eigenvalue weighted by atomic mass is 10.0. The zero-order chi connectivity index (χ0) is 14.0. The van der Waals surface area contributed by atoms with Crippen molar-refractivity contribution in [2.24, 2.45) is 7.05 Å². The van der Waals surface area contributed by atoms with Crippen LogP contribution in [0.15, 0.2) is 24.4 Å². The minimum absolute atomic E-state index is 0.167. The lowest BCUT2D eigenvalue weighted by Crippen LogP contribution is -2.24. The zero-order valence-corrected chi connectivity index (χ0v) is 12.0. The number of nitrogens with one attached hydrogen (secondary N) is 1. The van der Waals surface area contributed by atoms with E-state index in [0.29, 0.717) is 5.02 Å². The maximum atomic E-state index is 13.6. The van der Waals surface area contributed by atoms with Crippen LogP contribution in [0.2, 0.25) is 5.02 Å². The molecule has 0 fully saturated rings. The molecule has 1 atom stereocenters. The molecule has 0 aliphatic carbocycles. The van der Waals surface area contributed by atoms with Crippen LogP contribution in [0.5, 0.6) is 0 Å². The van der Waals surface area contributed by atoms with Crippen LogP contribution in [0.1, 0.15) is 29.8 Å². The fourth-order valence-electron chi connectivity index (χ4n) is 2.25. The summed E-state index contributed by atoms with van der Waals surface area (Å²) in [6.45, 7) is 4.63. The van der Waals surface area contributed by atoms with Gasteiger partial charge in [-0.05, 0) is 36.7 Å². The van der Waals surface area contributed by atoms with E-state index in [2.05, 4.69) is 10.4 Å². The van der Waals surface area contributed by atoms with E-state index in [-0.39, 0.29) is 11.9 Å². The quantitative estimate of drug-likeness (QED) is 0.932. The summed E-state index contributed by atoms with van der Waals surface area (Å²) in [6, 6.07) is 4.83. The summed E-state index contributed by atoms with van der Waals surface area (Å²) < 4.78 is 15.3. The van der Waals surface area contributed by atoms with Gasteiger partial charge in [0, 0.05) is 7.05 Å². The van der Waals surface area contributed by atoms with Gasteiger partial charge in [-0.15, -0.1) is 0 Å². The van der Waals surface area contributed by atoms with E-state index >= 15 is 0 Å². The Morgan fingerprint density at radius 3 is 2.68 bits per heavy atom. The van der Waals surface area contributed by atoms with Crippen molar-refractivity contribution in [2.75, 3.05) is 6.54 Å². The third-order valence-electron chi connectivity index (χ3n) is 3.02. The molecule has 1 heterocycles. The van der Waals surface area contributed by atoms with Crippen LogP contribution < -0.4 is 5.32 Å². The van der Waals surface area contributed by atoms with E-state index in [9.17, 15) is 4.39 Å². The molecule has 2 rings (SSSR count). The minimum atomic E-state index is -0.240. The van der Waals surface area contributed by atoms with Gasteiger partial charge in [-0.1, -0.05) is 24.6 Å². The second-order valence-corrected chi connectivity index (χ2v) is 4.96. The van der Waals surface area contributed by atoms with Gasteiger partial charge in [0.2, 0.25) is 0 Å². The number of aromatic nitrogens is 2. The highest BCUT2D eigenvalue weighted by Crippen LogP contribution is 2.28. The van der Waals surface area contributed by atoms with Gasteiger partial charge in [0.15, 0.2) is 0 Å². The Morgan fingerprint density at radius 2 is 2.16 bits per heavy atom. The second-order valence-electron chi connectivity index (χ2n) is 4.55. The van der Waals surface area contributed by atoms with Crippen LogP contribution in [-0.4, -0.2) is 16.3 Å². The zero-order valence-electron chi connectivity index (χ0n) is 11.2. The van der Waals surface area contributed by atoms with E-state index in [4.69, 9.17) is 11.6 Å². The lowest BCUT2D eigenvalue weighted by molar-refractivity contribution is 0.564. The number of rotatable bonds is 4. The number of nitrogens with zero attached hydrogens (tertiary/aromatic N) is 2. The Labute approximate surface area is 117 Å². The SMILES string of the molecule is CCNC(c1cc(C)cc(F)c1)c1c(Cl)cnn1C. The van der Waals surface area contributed by atoms with Crippen LogP contribution >= 0.6 is 11.6 Å². The highest BCUT2D eigenvalue weighted by atomic mass is 35.5. The highest BCUT2D eigenvalue weighted by Gasteiger charge is 2.20. The first-order valence-corrected chi connectivity index (χ1v) is 6.58. The monoisotopic (exact) mass is 281 g/mol. The average Bonchev–Trinajstić information content (AvgIpc) is 2.65. The largest absolute Gasteiger partial charge is 0.305 e. The van der Waals surface area contributed by atoms with Gasteiger partial charge in [0.1, 0.15) is 5.82 Å². The molecule has 5 heteroatoms. The summed E-state index contributed by atoms with van der Waals surface area (Å²) in [4.78, 5) is 0. The molecule has 2 aromatic rings. The third kappa shape index (κ3) is 2.96. The van der Waals surface area contributed by atoms with E-state index in [1.165, 1.54) is 12.1 Å². The molecule has 0 spiro atoms. The molecule has 0 radical (unpaired) electrons. The third-order valence-corrected chi connectivity index (χ3v) is 3.31. The van der Waals surface area contributed by atoms with Crippen LogP contribution in [0.3, 0.4) is 0 Å². The molecule has 102 valence electrons. The standard InChI is InChI=1S/C14H17ClFN3/c1-4-17-13(14-12(15)8-18-19(14)3)10-5-9(2)6-11(16)7-10/h5-8,13,17H,4H2,1-3H3. The molecule has 1 unspecified atom stereocenters. The maximum Gasteiger partial charge on any atom is 0.123 e. The van der Waals surface area contributed by atoms with Gasteiger partial charge in [0.25, 0.3) is 0 Å². The molecular formula is C14H17ClFN3.